The van der Waals surface area contributed by atoms with Gasteiger partial charge in [-0.1, -0.05) is 30.3 Å². The average molecular weight is 350 g/mol. The lowest BCUT2D eigenvalue weighted by atomic mass is 10.1. The normalized spacial score (nSPS) is 10.3. The molecule has 0 unspecified atom stereocenters. The van der Waals surface area contributed by atoms with E-state index in [1.165, 1.54) is 29.8 Å². The first-order valence-corrected chi connectivity index (χ1v) is 8.39. The van der Waals surface area contributed by atoms with Crippen molar-refractivity contribution in [3.63, 3.8) is 0 Å². The first-order chi connectivity index (χ1) is 12.7. The maximum Gasteiger partial charge on any atom is 0.276 e. The zero-order chi connectivity index (χ0) is 18.2. The monoisotopic (exact) mass is 350 g/mol. The van der Waals surface area contributed by atoms with Crippen molar-refractivity contribution in [2.45, 2.75) is 12.8 Å². The SMILES string of the molecule is O=C(Nc1ccc(F)cc1)c1ccc(NCCCc2ccccc2)nn1. The summed E-state index contributed by atoms with van der Waals surface area (Å²) in [7, 11) is 0. The highest BCUT2D eigenvalue weighted by molar-refractivity contribution is 6.02. The molecule has 0 atom stereocenters. The molecule has 1 heterocycles. The third kappa shape index (κ3) is 5.11. The summed E-state index contributed by atoms with van der Waals surface area (Å²) < 4.78 is 12.9. The number of benzene rings is 2. The molecule has 0 aliphatic carbocycles. The van der Waals surface area contributed by atoms with E-state index in [1.54, 1.807) is 12.1 Å². The van der Waals surface area contributed by atoms with E-state index in [2.05, 4.69) is 33.0 Å². The summed E-state index contributed by atoms with van der Waals surface area (Å²) in [6.45, 7) is 0.769. The van der Waals surface area contributed by atoms with Crippen molar-refractivity contribution in [3.8, 4) is 0 Å². The Hall–Kier alpha value is -3.28. The largest absolute Gasteiger partial charge is 0.369 e. The Balaban J connectivity index is 1.46. The van der Waals surface area contributed by atoms with E-state index < -0.39 is 0 Å². The topological polar surface area (TPSA) is 66.9 Å². The molecular formula is C20H19FN4O. The van der Waals surface area contributed by atoms with E-state index in [1.807, 2.05) is 18.2 Å². The van der Waals surface area contributed by atoms with E-state index in [0.29, 0.717) is 11.5 Å². The van der Waals surface area contributed by atoms with Crippen LogP contribution in [0, 0.1) is 5.82 Å². The second-order valence-corrected chi connectivity index (χ2v) is 5.78. The van der Waals surface area contributed by atoms with Gasteiger partial charge in [-0.25, -0.2) is 4.39 Å². The molecule has 0 aliphatic rings. The van der Waals surface area contributed by atoms with Gasteiger partial charge in [0.2, 0.25) is 0 Å². The number of carbonyl (C=O) groups is 1. The van der Waals surface area contributed by atoms with Crippen LogP contribution in [-0.2, 0) is 6.42 Å². The number of aromatic nitrogens is 2. The van der Waals surface area contributed by atoms with Crippen molar-refractivity contribution >= 4 is 17.4 Å². The summed E-state index contributed by atoms with van der Waals surface area (Å²) in [4.78, 5) is 12.1. The molecule has 6 heteroatoms. The van der Waals surface area contributed by atoms with Crippen LogP contribution in [0.5, 0.6) is 0 Å². The van der Waals surface area contributed by atoms with Gasteiger partial charge >= 0.3 is 0 Å². The number of amides is 1. The zero-order valence-corrected chi connectivity index (χ0v) is 14.2. The highest BCUT2D eigenvalue weighted by Crippen LogP contribution is 2.10. The first kappa shape index (κ1) is 17.5. The predicted molar refractivity (Wildman–Crippen MR) is 99.6 cm³/mol. The van der Waals surface area contributed by atoms with E-state index in [9.17, 15) is 9.18 Å². The van der Waals surface area contributed by atoms with E-state index >= 15 is 0 Å². The number of carbonyl (C=O) groups excluding carboxylic acids is 1. The second kappa shape index (κ2) is 8.71. The third-order valence-electron chi connectivity index (χ3n) is 3.79. The lowest BCUT2D eigenvalue weighted by molar-refractivity contribution is 0.102. The van der Waals surface area contributed by atoms with Crippen LogP contribution in [0.3, 0.4) is 0 Å². The number of halogens is 1. The van der Waals surface area contributed by atoms with Gasteiger partial charge in [-0.15, -0.1) is 10.2 Å². The number of hydrogen-bond donors (Lipinski definition) is 2. The maximum absolute atomic E-state index is 12.9. The fourth-order valence-corrected chi connectivity index (χ4v) is 2.43. The Bertz CT molecular complexity index is 836. The standard InChI is InChI=1S/C20H19FN4O/c21-16-8-10-17(11-9-16)23-20(26)18-12-13-19(25-24-18)22-14-4-7-15-5-2-1-3-6-15/h1-3,5-6,8-13H,4,7,14H2,(H,22,25)(H,23,26). The number of hydrogen-bond acceptors (Lipinski definition) is 4. The number of nitrogens with one attached hydrogen (secondary N) is 2. The summed E-state index contributed by atoms with van der Waals surface area (Å²) in [6, 6.07) is 19.1. The molecule has 3 aromatic rings. The molecule has 26 heavy (non-hydrogen) atoms. The Morgan fingerprint density at radius 1 is 0.923 bits per heavy atom. The van der Waals surface area contributed by atoms with Gasteiger partial charge in [-0.2, -0.15) is 0 Å². The summed E-state index contributed by atoms with van der Waals surface area (Å²) in [5, 5.41) is 13.8. The van der Waals surface area contributed by atoms with Crippen LogP contribution in [-0.4, -0.2) is 22.6 Å². The minimum atomic E-state index is -0.389. The van der Waals surface area contributed by atoms with Crippen molar-refractivity contribution in [2.24, 2.45) is 0 Å². The van der Waals surface area contributed by atoms with Gasteiger partial charge in [0.25, 0.3) is 5.91 Å². The molecule has 0 saturated heterocycles. The van der Waals surface area contributed by atoms with Gasteiger partial charge in [0.1, 0.15) is 11.6 Å². The molecule has 0 saturated carbocycles. The van der Waals surface area contributed by atoms with Crippen LogP contribution >= 0.6 is 0 Å². The molecule has 1 amide bonds. The summed E-state index contributed by atoms with van der Waals surface area (Å²) >= 11 is 0. The molecule has 2 N–H and O–H groups in total. The van der Waals surface area contributed by atoms with Gasteiger partial charge < -0.3 is 10.6 Å². The molecule has 0 fully saturated rings. The molecule has 0 aliphatic heterocycles. The van der Waals surface area contributed by atoms with Crippen LogP contribution in [0.2, 0.25) is 0 Å². The average Bonchev–Trinajstić information content (AvgIpc) is 2.68. The molecule has 1 aromatic heterocycles. The van der Waals surface area contributed by atoms with Crippen molar-refractivity contribution in [3.05, 3.63) is 83.8 Å². The molecule has 0 bridgehead atoms. The van der Waals surface area contributed by atoms with Gasteiger partial charge in [-0.3, -0.25) is 4.79 Å². The van der Waals surface area contributed by atoms with Gasteiger partial charge in [0.15, 0.2) is 5.69 Å². The van der Waals surface area contributed by atoms with Crippen molar-refractivity contribution < 1.29 is 9.18 Å². The summed E-state index contributed by atoms with van der Waals surface area (Å²) in [5.41, 5.74) is 2.00. The molecule has 0 radical (unpaired) electrons. The molecule has 3 rings (SSSR count). The Morgan fingerprint density at radius 2 is 1.69 bits per heavy atom. The highest BCUT2D eigenvalue weighted by Gasteiger charge is 2.08. The van der Waals surface area contributed by atoms with Crippen LogP contribution in [0.4, 0.5) is 15.9 Å². The molecule has 2 aromatic carbocycles. The predicted octanol–water partition coefficient (Wildman–Crippen LogP) is 3.91. The van der Waals surface area contributed by atoms with Gasteiger partial charge in [0, 0.05) is 12.2 Å². The minimum Gasteiger partial charge on any atom is -0.369 e. The van der Waals surface area contributed by atoms with Gasteiger partial charge in [-0.05, 0) is 54.8 Å². The first-order valence-electron chi connectivity index (χ1n) is 8.39. The zero-order valence-electron chi connectivity index (χ0n) is 14.2. The van der Waals surface area contributed by atoms with Gasteiger partial charge in [0.05, 0.1) is 0 Å². The highest BCUT2D eigenvalue weighted by atomic mass is 19.1. The van der Waals surface area contributed by atoms with Crippen LogP contribution in [0.1, 0.15) is 22.5 Å². The minimum absolute atomic E-state index is 0.198. The number of aryl methyl sites for hydroxylation is 1. The number of rotatable bonds is 7. The number of anilines is 2. The quantitative estimate of drug-likeness (QED) is 0.634. The van der Waals surface area contributed by atoms with Crippen LogP contribution < -0.4 is 10.6 Å². The number of nitrogens with zero attached hydrogens (tertiary/aromatic N) is 2. The third-order valence-corrected chi connectivity index (χ3v) is 3.79. The molecular weight excluding hydrogens is 331 g/mol. The van der Waals surface area contributed by atoms with Crippen molar-refractivity contribution in [1.29, 1.82) is 0 Å². The molecule has 0 spiro atoms. The van der Waals surface area contributed by atoms with E-state index in [4.69, 9.17) is 0 Å². The lowest BCUT2D eigenvalue weighted by Crippen LogP contribution is -2.15. The Morgan fingerprint density at radius 3 is 2.38 bits per heavy atom. The summed E-state index contributed by atoms with van der Waals surface area (Å²) in [6.07, 6.45) is 1.96. The molecule has 132 valence electrons. The van der Waals surface area contributed by atoms with Crippen molar-refractivity contribution in [2.75, 3.05) is 17.2 Å². The maximum atomic E-state index is 12.9. The molecule has 5 nitrogen and oxygen atoms in total. The smallest absolute Gasteiger partial charge is 0.276 e. The fraction of sp³-hybridized carbons (Fsp3) is 0.150. The Labute approximate surface area is 151 Å². The summed E-state index contributed by atoms with van der Waals surface area (Å²) in [5.74, 6) is -0.124. The fourth-order valence-electron chi connectivity index (χ4n) is 2.43. The van der Waals surface area contributed by atoms with Crippen LogP contribution in [0.25, 0.3) is 0 Å². The van der Waals surface area contributed by atoms with Crippen molar-refractivity contribution in [1.82, 2.24) is 10.2 Å². The van der Waals surface area contributed by atoms with E-state index in [-0.39, 0.29) is 17.4 Å². The van der Waals surface area contributed by atoms with E-state index in [0.717, 1.165) is 19.4 Å². The Kier molecular flexibility index (Phi) is 5.88. The lowest BCUT2D eigenvalue weighted by Gasteiger charge is -2.07. The van der Waals surface area contributed by atoms with Crippen LogP contribution in [0.15, 0.2) is 66.7 Å². The second-order valence-electron chi connectivity index (χ2n) is 5.78.